The highest BCUT2D eigenvalue weighted by atomic mass is 16.5. The molecule has 3 rings (SSSR count). The van der Waals surface area contributed by atoms with Crippen molar-refractivity contribution in [2.24, 2.45) is 5.73 Å². The van der Waals surface area contributed by atoms with Crippen LogP contribution in [0.2, 0.25) is 0 Å². The van der Waals surface area contributed by atoms with Gasteiger partial charge in [-0.3, -0.25) is 5.10 Å². The van der Waals surface area contributed by atoms with Crippen molar-refractivity contribution < 1.29 is 4.74 Å². The quantitative estimate of drug-likeness (QED) is 0.706. The number of rotatable bonds is 1. The summed E-state index contributed by atoms with van der Waals surface area (Å²) >= 11 is 0. The van der Waals surface area contributed by atoms with E-state index in [0.29, 0.717) is 22.8 Å². The Balaban J connectivity index is 2.25. The van der Waals surface area contributed by atoms with E-state index in [2.05, 4.69) is 16.3 Å². The minimum absolute atomic E-state index is 0.0651. The number of hydrogen-bond donors (Lipinski definition) is 3. The van der Waals surface area contributed by atoms with Gasteiger partial charge in [0.1, 0.15) is 17.5 Å². The van der Waals surface area contributed by atoms with Gasteiger partial charge in [-0.15, -0.1) is 5.10 Å². The first-order valence-electron chi connectivity index (χ1n) is 5.68. The van der Waals surface area contributed by atoms with Crippen molar-refractivity contribution in [1.82, 2.24) is 10.2 Å². The third-order valence-electron chi connectivity index (χ3n) is 3.10. The number of nitrogens with zero attached hydrogens (tertiary/aromatic N) is 2. The molecule has 6 nitrogen and oxygen atoms in total. The van der Waals surface area contributed by atoms with Crippen molar-refractivity contribution in [3.05, 3.63) is 52.9 Å². The maximum atomic E-state index is 9.31. The molecule has 0 bridgehead atoms. The molecular weight excluding hydrogens is 242 g/mol. The van der Waals surface area contributed by atoms with E-state index in [-0.39, 0.29) is 11.8 Å². The first-order valence-corrected chi connectivity index (χ1v) is 5.68. The van der Waals surface area contributed by atoms with Crippen LogP contribution in [0, 0.1) is 11.3 Å². The maximum Gasteiger partial charge on any atom is 0.246 e. The van der Waals surface area contributed by atoms with Gasteiger partial charge in [0.25, 0.3) is 0 Å². The average Bonchev–Trinajstić information content (AvgIpc) is 2.79. The fourth-order valence-electron chi connectivity index (χ4n) is 2.25. The van der Waals surface area contributed by atoms with Gasteiger partial charge in [0.15, 0.2) is 0 Å². The normalized spacial score (nSPS) is 17.5. The molecule has 1 unspecified atom stereocenters. The van der Waals surface area contributed by atoms with Crippen molar-refractivity contribution in [1.29, 1.82) is 5.26 Å². The van der Waals surface area contributed by atoms with E-state index in [4.69, 9.17) is 16.2 Å². The average molecular weight is 253 g/mol. The van der Waals surface area contributed by atoms with Crippen LogP contribution in [0.3, 0.4) is 0 Å². The molecule has 5 N–H and O–H groups in total. The molecule has 94 valence electrons. The molecule has 0 fully saturated rings. The minimum Gasteiger partial charge on any atom is -0.420 e. The Morgan fingerprint density at radius 2 is 2.00 bits per heavy atom. The zero-order chi connectivity index (χ0) is 13.4. The van der Waals surface area contributed by atoms with Gasteiger partial charge in [0.05, 0.1) is 11.5 Å². The number of benzene rings is 1. The summed E-state index contributed by atoms with van der Waals surface area (Å²) in [6, 6.07) is 11.6. The molecule has 19 heavy (non-hydrogen) atoms. The molecule has 1 atom stereocenters. The highest BCUT2D eigenvalue weighted by Gasteiger charge is 2.34. The summed E-state index contributed by atoms with van der Waals surface area (Å²) in [5.41, 5.74) is 13.6. The number of H-pyrrole nitrogens is 1. The van der Waals surface area contributed by atoms with E-state index in [1.165, 1.54) is 0 Å². The zero-order valence-corrected chi connectivity index (χ0v) is 9.92. The largest absolute Gasteiger partial charge is 0.420 e. The van der Waals surface area contributed by atoms with Crippen LogP contribution in [0.25, 0.3) is 0 Å². The Morgan fingerprint density at radius 1 is 1.26 bits per heavy atom. The maximum absolute atomic E-state index is 9.31. The molecule has 2 aromatic rings. The number of aromatic amines is 1. The van der Waals surface area contributed by atoms with Crippen molar-refractivity contribution in [2.75, 3.05) is 5.73 Å². The second-order valence-corrected chi connectivity index (χ2v) is 4.19. The van der Waals surface area contributed by atoms with Gasteiger partial charge in [-0.2, -0.15) is 5.26 Å². The number of anilines is 1. The van der Waals surface area contributed by atoms with E-state index >= 15 is 0 Å². The van der Waals surface area contributed by atoms with Crippen LogP contribution in [0.1, 0.15) is 17.0 Å². The van der Waals surface area contributed by atoms with E-state index in [9.17, 15) is 5.26 Å². The molecule has 6 heteroatoms. The molecule has 0 saturated carbocycles. The predicted molar refractivity (Wildman–Crippen MR) is 68.7 cm³/mol. The summed E-state index contributed by atoms with van der Waals surface area (Å²) in [4.78, 5) is 0. The molecule has 1 aliphatic rings. The van der Waals surface area contributed by atoms with E-state index < -0.39 is 0 Å². The molecule has 0 saturated heterocycles. The lowest BCUT2D eigenvalue weighted by molar-refractivity contribution is 0.379. The smallest absolute Gasteiger partial charge is 0.246 e. The van der Waals surface area contributed by atoms with Gasteiger partial charge in [0.2, 0.25) is 11.8 Å². The third-order valence-corrected chi connectivity index (χ3v) is 3.10. The number of ether oxygens (including phenoxy) is 1. The summed E-state index contributed by atoms with van der Waals surface area (Å²) in [6.07, 6.45) is 0. The van der Waals surface area contributed by atoms with Crippen molar-refractivity contribution >= 4 is 5.82 Å². The Morgan fingerprint density at radius 3 is 2.68 bits per heavy atom. The van der Waals surface area contributed by atoms with Crippen LogP contribution in [-0.2, 0) is 0 Å². The highest BCUT2D eigenvalue weighted by Crippen LogP contribution is 2.43. The fraction of sp³-hybridized carbons (Fsp3) is 0.0769. The van der Waals surface area contributed by atoms with Crippen LogP contribution in [0.15, 0.2) is 41.8 Å². The van der Waals surface area contributed by atoms with Gasteiger partial charge in [-0.1, -0.05) is 30.3 Å². The minimum atomic E-state index is -0.353. The monoisotopic (exact) mass is 253 g/mol. The van der Waals surface area contributed by atoms with Gasteiger partial charge in [-0.05, 0) is 5.56 Å². The first-order chi connectivity index (χ1) is 9.22. The Kier molecular flexibility index (Phi) is 2.39. The summed E-state index contributed by atoms with van der Waals surface area (Å²) in [7, 11) is 0. The molecule has 0 spiro atoms. The summed E-state index contributed by atoms with van der Waals surface area (Å²) in [5, 5.41) is 15.9. The summed E-state index contributed by atoms with van der Waals surface area (Å²) < 4.78 is 5.32. The Labute approximate surface area is 109 Å². The third kappa shape index (κ3) is 1.60. The topological polar surface area (TPSA) is 114 Å². The highest BCUT2D eigenvalue weighted by molar-refractivity contribution is 5.60. The molecular formula is C13H11N5O. The molecule has 0 aliphatic carbocycles. The molecule has 1 aromatic carbocycles. The SMILES string of the molecule is N#CC1=C(N)Oc2n[nH]c(N)c2C1c1ccccc1. The summed E-state index contributed by atoms with van der Waals surface area (Å²) in [5.74, 6) is 0.413. The van der Waals surface area contributed by atoms with Crippen LogP contribution in [0.5, 0.6) is 5.88 Å². The fourth-order valence-corrected chi connectivity index (χ4v) is 2.25. The number of aromatic nitrogens is 2. The van der Waals surface area contributed by atoms with Crippen LogP contribution >= 0.6 is 0 Å². The van der Waals surface area contributed by atoms with E-state index in [1.807, 2.05) is 30.3 Å². The number of nitriles is 1. The Hall–Kier alpha value is -2.94. The van der Waals surface area contributed by atoms with Gasteiger partial charge in [-0.25, -0.2) is 0 Å². The van der Waals surface area contributed by atoms with Gasteiger partial charge in [0, 0.05) is 0 Å². The molecule has 0 amide bonds. The van der Waals surface area contributed by atoms with Crippen LogP contribution < -0.4 is 16.2 Å². The van der Waals surface area contributed by atoms with E-state index in [0.717, 1.165) is 5.56 Å². The lowest BCUT2D eigenvalue weighted by Gasteiger charge is -2.23. The van der Waals surface area contributed by atoms with Gasteiger partial charge >= 0.3 is 0 Å². The number of nitrogen functional groups attached to an aromatic ring is 1. The van der Waals surface area contributed by atoms with Crippen LogP contribution in [0.4, 0.5) is 5.82 Å². The number of allylic oxidation sites excluding steroid dienone is 1. The number of fused-ring (bicyclic) bond motifs is 1. The Bertz CT molecular complexity index is 696. The van der Waals surface area contributed by atoms with Gasteiger partial charge < -0.3 is 16.2 Å². The lowest BCUT2D eigenvalue weighted by Crippen LogP contribution is -2.21. The number of hydrogen-bond acceptors (Lipinski definition) is 5. The number of nitrogens with two attached hydrogens (primary N) is 2. The van der Waals surface area contributed by atoms with E-state index in [1.54, 1.807) is 0 Å². The molecule has 2 heterocycles. The van der Waals surface area contributed by atoms with Crippen LogP contribution in [-0.4, -0.2) is 10.2 Å². The predicted octanol–water partition coefficient (Wildman–Crippen LogP) is 1.21. The standard InChI is InChI=1S/C13H11N5O/c14-6-8-9(7-4-2-1-3-5-7)10-11(15)17-18-13(10)19-12(8)16/h1-5,9H,16H2,(H3,15,17,18). The lowest BCUT2D eigenvalue weighted by atomic mass is 9.85. The number of nitrogens with one attached hydrogen (secondary N) is 1. The second kappa shape index (κ2) is 4.07. The van der Waals surface area contributed by atoms with Crippen molar-refractivity contribution in [3.63, 3.8) is 0 Å². The van der Waals surface area contributed by atoms with Crippen molar-refractivity contribution in [2.45, 2.75) is 5.92 Å². The molecule has 0 radical (unpaired) electrons. The van der Waals surface area contributed by atoms with Crippen molar-refractivity contribution in [3.8, 4) is 11.9 Å². The summed E-state index contributed by atoms with van der Waals surface area (Å²) in [6.45, 7) is 0. The first kappa shape index (κ1) is 11.2. The molecule has 1 aliphatic heterocycles. The molecule has 1 aromatic heterocycles. The second-order valence-electron chi connectivity index (χ2n) is 4.19. The zero-order valence-electron chi connectivity index (χ0n) is 9.92.